The van der Waals surface area contributed by atoms with E-state index in [1.165, 1.54) is 59.7 Å². The Labute approximate surface area is 226 Å². The van der Waals surface area contributed by atoms with Crippen LogP contribution in [0.5, 0.6) is 0 Å². The number of hydrogen-bond donors (Lipinski definition) is 1. The van der Waals surface area contributed by atoms with Gasteiger partial charge in [0.15, 0.2) is 0 Å². The Morgan fingerprint density at radius 2 is 0.949 bits per heavy atom. The van der Waals surface area contributed by atoms with E-state index in [9.17, 15) is 0 Å². The molecule has 0 radical (unpaired) electrons. The first-order chi connectivity index (χ1) is 19.2. The lowest BCUT2D eigenvalue weighted by Crippen LogP contribution is -1.94. The lowest BCUT2D eigenvalue weighted by atomic mass is 9.92. The summed E-state index contributed by atoms with van der Waals surface area (Å²) in [6.45, 7) is 0. The van der Waals surface area contributed by atoms with Gasteiger partial charge >= 0.3 is 0 Å². The molecular weight excluding hydrogens is 472 g/mol. The largest absolute Gasteiger partial charge is 0.399 e. The molecule has 2 heteroatoms. The van der Waals surface area contributed by atoms with E-state index in [1.54, 1.807) is 0 Å². The predicted molar refractivity (Wildman–Crippen MR) is 167 cm³/mol. The summed E-state index contributed by atoms with van der Waals surface area (Å²) in [5, 5.41) is 10.4. The molecule has 0 fully saturated rings. The van der Waals surface area contributed by atoms with Crippen LogP contribution >= 0.6 is 0 Å². The minimum absolute atomic E-state index is 0.777. The van der Waals surface area contributed by atoms with Crippen LogP contribution in [0.4, 0.5) is 5.69 Å². The zero-order valence-electron chi connectivity index (χ0n) is 21.4. The number of hydrogen-bond acceptors (Lipinski definition) is 1. The molecule has 0 spiro atoms. The zero-order chi connectivity index (χ0) is 25.9. The third-order valence-corrected chi connectivity index (χ3v) is 8.09. The molecule has 0 atom stereocenters. The minimum Gasteiger partial charge on any atom is -0.399 e. The van der Waals surface area contributed by atoms with Crippen molar-refractivity contribution in [1.82, 2.24) is 4.57 Å². The van der Waals surface area contributed by atoms with Gasteiger partial charge in [0.1, 0.15) is 0 Å². The molecule has 0 aliphatic rings. The number of benzene rings is 7. The Kier molecular flexibility index (Phi) is 4.77. The van der Waals surface area contributed by atoms with Gasteiger partial charge in [-0.2, -0.15) is 0 Å². The van der Waals surface area contributed by atoms with Crippen LogP contribution in [0.1, 0.15) is 11.1 Å². The molecule has 0 saturated carbocycles. The summed E-state index contributed by atoms with van der Waals surface area (Å²) in [6.07, 6.45) is 0.875. The number of para-hydroxylation sites is 1. The molecule has 184 valence electrons. The smallest absolute Gasteiger partial charge is 0.0561 e. The monoisotopic (exact) mass is 498 g/mol. The number of fused-ring (bicyclic) bond motifs is 9. The zero-order valence-corrected chi connectivity index (χ0v) is 21.4. The highest BCUT2D eigenvalue weighted by Crippen LogP contribution is 2.37. The van der Waals surface area contributed by atoms with Gasteiger partial charge in [-0.05, 0) is 86.3 Å². The van der Waals surface area contributed by atoms with Crippen LogP contribution in [0.25, 0.3) is 59.8 Å². The molecule has 0 amide bonds. The third-order valence-electron chi connectivity index (χ3n) is 8.09. The first kappa shape index (κ1) is 22.0. The fourth-order valence-electron chi connectivity index (χ4n) is 6.35. The Bertz CT molecular complexity index is 2170. The van der Waals surface area contributed by atoms with Crippen molar-refractivity contribution in [2.24, 2.45) is 0 Å². The maximum absolute atomic E-state index is 6.23. The SMILES string of the molecule is Nc1ccc2c3cc(Cc4ccc5c6ccccc6c6ccccc6c5c4)ccc3n(-c3ccccc3)c2c1. The van der Waals surface area contributed by atoms with E-state index in [2.05, 4.69) is 132 Å². The van der Waals surface area contributed by atoms with Gasteiger partial charge in [-0.1, -0.05) is 97.1 Å². The highest BCUT2D eigenvalue weighted by Gasteiger charge is 2.14. The van der Waals surface area contributed by atoms with Gasteiger partial charge in [0.05, 0.1) is 11.0 Å². The van der Waals surface area contributed by atoms with Crippen LogP contribution in [0.3, 0.4) is 0 Å². The van der Waals surface area contributed by atoms with Crippen LogP contribution in [0, 0.1) is 0 Å². The van der Waals surface area contributed by atoms with E-state index in [0.717, 1.165) is 23.3 Å². The van der Waals surface area contributed by atoms with Gasteiger partial charge in [-0.15, -0.1) is 0 Å². The van der Waals surface area contributed by atoms with Crippen LogP contribution in [-0.4, -0.2) is 4.57 Å². The van der Waals surface area contributed by atoms with E-state index >= 15 is 0 Å². The van der Waals surface area contributed by atoms with Crippen molar-refractivity contribution in [1.29, 1.82) is 0 Å². The van der Waals surface area contributed by atoms with E-state index in [1.807, 2.05) is 6.07 Å². The average Bonchev–Trinajstić information content (AvgIpc) is 3.30. The maximum atomic E-state index is 6.23. The van der Waals surface area contributed by atoms with Crippen LogP contribution in [-0.2, 0) is 6.42 Å². The summed E-state index contributed by atoms with van der Waals surface area (Å²) in [5.41, 5.74) is 13.1. The van der Waals surface area contributed by atoms with Gasteiger partial charge < -0.3 is 10.3 Å². The highest BCUT2D eigenvalue weighted by molar-refractivity contribution is 6.25. The molecule has 1 aromatic heterocycles. The van der Waals surface area contributed by atoms with Crippen molar-refractivity contribution >= 4 is 59.8 Å². The molecule has 39 heavy (non-hydrogen) atoms. The van der Waals surface area contributed by atoms with Crippen molar-refractivity contribution in [3.05, 3.63) is 145 Å². The number of nitrogens with two attached hydrogens (primary N) is 1. The van der Waals surface area contributed by atoms with E-state index < -0.39 is 0 Å². The Balaban J connectivity index is 1.29. The predicted octanol–water partition coefficient (Wildman–Crippen LogP) is 9.42. The second-order valence-electron chi connectivity index (χ2n) is 10.4. The minimum atomic E-state index is 0.777. The normalized spacial score (nSPS) is 11.8. The van der Waals surface area contributed by atoms with Crippen LogP contribution in [0.2, 0.25) is 0 Å². The molecule has 2 N–H and O–H groups in total. The number of anilines is 1. The molecule has 7 aromatic carbocycles. The van der Waals surface area contributed by atoms with Crippen molar-refractivity contribution in [3.63, 3.8) is 0 Å². The van der Waals surface area contributed by atoms with Crippen molar-refractivity contribution in [2.45, 2.75) is 6.42 Å². The molecule has 0 saturated heterocycles. The van der Waals surface area contributed by atoms with E-state index in [4.69, 9.17) is 5.73 Å². The summed E-state index contributed by atoms with van der Waals surface area (Å²) in [5.74, 6) is 0. The summed E-state index contributed by atoms with van der Waals surface area (Å²) >= 11 is 0. The molecule has 0 bridgehead atoms. The summed E-state index contributed by atoms with van der Waals surface area (Å²) in [7, 11) is 0. The second kappa shape index (κ2) is 8.47. The van der Waals surface area contributed by atoms with Crippen LogP contribution < -0.4 is 5.73 Å². The van der Waals surface area contributed by atoms with Gasteiger partial charge in [0, 0.05) is 22.1 Å². The van der Waals surface area contributed by atoms with Gasteiger partial charge in [0.25, 0.3) is 0 Å². The molecule has 2 nitrogen and oxygen atoms in total. The highest BCUT2D eigenvalue weighted by atomic mass is 15.0. The number of nitrogen functional groups attached to an aromatic ring is 1. The Morgan fingerprint density at radius 3 is 1.64 bits per heavy atom. The number of nitrogens with zero attached hydrogens (tertiary/aromatic N) is 1. The van der Waals surface area contributed by atoms with E-state index in [-0.39, 0.29) is 0 Å². The molecule has 0 unspecified atom stereocenters. The first-order valence-corrected chi connectivity index (χ1v) is 13.4. The molecular formula is C37H26N2. The van der Waals surface area contributed by atoms with Gasteiger partial charge in [-0.3, -0.25) is 0 Å². The number of rotatable bonds is 3. The summed E-state index contributed by atoms with van der Waals surface area (Å²) in [4.78, 5) is 0. The Morgan fingerprint density at radius 1 is 0.410 bits per heavy atom. The van der Waals surface area contributed by atoms with Gasteiger partial charge in [0.2, 0.25) is 0 Å². The molecule has 8 rings (SSSR count). The van der Waals surface area contributed by atoms with Crippen molar-refractivity contribution in [3.8, 4) is 5.69 Å². The van der Waals surface area contributed by atoms with Gasteiger partial charge in [-0.25, -0.2) is 0 Å². The number of aromatic nitrogens is 1. The third kappa shape index (κ3) is 3.42. The molecule has 8 aromatic rings. The van der Waals surface area contributed by atoms with Crippen molar-refractivity contribution in [2.75, 3.05) is 5.73 Å². The lowest BCUT2D eigenvalue weighted by molar-refractivity contribution is 1.17. The quantitative estimate of drug-likeness (QED) is 0.191. The maximum Gasteiger partial charge on any atom is 0.0561 e. The molecule has 0 aliphatic heterocycles. The second-order valence-corrected chi connectivity index (χ2v) is 10.4. The summed E-state index contributed by atoms with van der Waals surface area (Å²) < 4.78 is 2.32. The van der Waals surface area contributed by atoms with Crippen molar-refractivity contribution < 1.29 is 0 Å². The lowest BCUT2D eigenvalue weighted by Gasteiger charge is -2.12. The Hall–Kier alpha value is -5.08. The summed E-state index contributed by atoms with van der Waals surface area (Å²) in [6, 6.07) is 48.2. The standard InChI is InChI=1S/C37H26N2/c38-26-16-18-33-35-22-25(15-19-36(35)39(37(33)23-26)27-8-2-1-3-9-27)20-24-14-17-32-30-12-5-4-10-28(30)29-11-6-7-13-31(29)34(32)21-24/h1-19,21-23H,20,38H2. The first-order valence-electron chi connectivity index (χ1n) is 13.4. The fraction of sp³-hybridized carbons (Fsp3) is 0.0270. The average molecular weight is 499 g/mol. The molecule has 1 heterocycles. The van der Waals surface area contributed by atoms with E-state index in [0.29, 0.717) is 0 Å². The van der Waals surface area contributed by atoms with Crippen LogP contribution in [0.15, 0.2) is 133 Å². The topological polar surface area (TPSA) is 30.9 Å². The fourth-order valence-corrected chi connectivity index (χ4v) is 6.35. The molecule has 0 aliphatic carbocycles.